The normalized spacial score (nSPS) is 10.2. The number of pyridine rings is 1. The summed E-state index contributed by atoms with van der Waals surface area (Å²) in [7, 11) is 4.26. The van der Waals surface area contributed by atoms with Crippen LogP contribution in [-0.4, -0.2) is 15.9 Å². The Morgan fingerprint density at radius 2 is 1.80 bits per heavy atom. The Hall–Kier alpha value is -1.49. The fourth-order valence-corrected chi connectivity index (χ4v) is 1.48. The summed E-state index contributed by atoms with van der Waals surface area (Å²) in [5.74, 6) is -0.381. The van der Waals surface area contributed by atoms with Crippen molar-refractivity contribution >= 4 is 33.8 Å². The van der Waals surface area contributed by atoms with E-state index in [2.05, 4.69) is 40.3 Å². The van der Waals surface area contributed by atoms with Gasteiger partial charge in [0.1, 0.15) is 5.69 Å². The van der Waals surface area contributed by atoms with E-state index in [1.807, 2.05) is 30.3 Å². The number of hydrogen-bond donors (Lipinski definition) is 1. The van der Waals surface area contributed by atoms with Crippen molar-refractivity contribution in [2.24, 2.45) is 5.10 Å². The quantitative estimate of drug-likeness (QED) is 0.304. The summed E-state index contributed by atoms with van der Waals surface area (Å²) in [6.07, 6.45) is 1.55. The van der Waals surface area contributed by atoms with Gasteiger partial charge in [0.15, 0.2) is 0 Å². The number of benzene rings is 1. The average Bonchev–Trinajstić information content (AvgIpc) is 2.55. The Labute approximate surface area is 134 Å². The molecule has 107 valence electrons. The second-order valence-corrected chi connectivity index (χ2v) is 3.83. The number of rotatable bonds is 3. The minimum atomic E-state index is -0.381. The van der Waals surface area contributed by atoms with Crippen molar-refractivity contribution in [1.82, 2.24) is 10.4 Å². The molecule has 1 aromatic heterocycles. The van der Waals surface area contributed by atoms with Crippen LogP contribution in [0, 0.1) is 0 Å². The van der Waals surface area contributed by atoms with E-state index >= 15 is 0 Å². The molecule has 1 heterocycles. The van der Waals surface area contributed by atoms with Crippen LogP contribution in [0.2, 0.25) is 0 Å². The van der Waals surface area contributed by atoms with Gasteiger partial charge in [0.05, 0.1) is 0 Å². The van der Waals surface area contributed by atoms with E-state index in [4.69, 9.17) is 12.6 Å². The zero-order chi connectivity index (χ0) is 14.8. The van der Waals surface area contributed by atoms with Crippen LogP contribution in [0.3, 0.4) is 0 Å². The molecule has 2 aromatic rings. The Morgan fingerprint density at radius 3 is 2.40 bits per heavy atom. The van der Waals surface area contributed by atoms with Gasteiger partial charge in [-0.05, 0) is 17.7 Å². The van der Waals surface area contributed by atoms with Crippen molar-refractivity contribution in [3.63, 3.8) is 0 Å². The summed E-state index contributed by atoms with van der Waals surface area (Å²) in [5.41, 5.74) is 3.47. The molecule has 1 N–H and O–H groups in total. The average molecular weight is 350 g/mol. The van der Waals surface area contributed by atoms with Gasteiger partial charge in [-0.2, -0.15) is 0 Å². The van der Waals surface area contributed by atoms with Crippen LogP contribution < -0.4 is 5.43 Å². The molecule has 4 nitrogen and oxygen atoms in total. The number of amides is 1. The first kappa shape index (κ1) is 16.6. The fourth-order valence-electron chi connectivity index (χ4n) is 1.30. The first-order valence-electron chi connectivity index (χ1n) is 5.41. The first-order valence-corrected chi connectivity index (χ1v) is 7.17. The molecule has 1 aromatic carbocycles. The van der Waals surface area contributed by atoms with Gasteiger partial charge in [-0.1, -0.05) is 41.4 Å². The molecule has 0 radical (unpaired) electrons. The van der Waals surface area contributed by atoms with E-state index in [1.165, 1.54) is 0 Å². The van der Waals surface area contributed by atoms with Crippen LogP contribution in [0.5, 0.6) is 0 Å². The van der Waals surface area contributed by atoms with Crippen molar-refractivity contribution in [2.75, 3.05) is 0 Å². The van der Waals surface area contributed by atoms with Crippen LogP contribution in [0.4, 0.5) is 0 Å². The molecule has 2 rings (SSSR count). The molecule has 0 aliphatic rings. The number of hydrogen-bond acceptors (Lipinski definition) is 4. The summed E-state index contributed by atoms with van der Waals surface area (Å²) in [5, 5.41) is 4.20. The Morgan fingerprint density at radius 1 is 1.15 bits per heavy atom. The van der Waals surface area contributed by atoms with E-state index < -0.39 is 0 Å². The topological polar surface area (TPSA) is 54.4 Å². The van der Waals surface area contributed by atoms with Crippen LogP contribution >= 0.6 is 10.2 Å². The summed E-state index contributed by atoms with van der Waals surface area (Å²) < 4.78 is 0. The third kappa shape index (κ3) is 5.25. The maximum absolute atomic E-state index is 11.7. The molecule has 0 fully saturated rings. The third-order valence-corrected chi connectivity index (χ3v) is 2.50. The Bertz CT molecular complexity index is 566. The maximum atomic E-state index is 11.7. The van der Waals surface area contributed by atoms with Gasteiger partial charge in [0.2, 0.25) is 0 Å². The Kier molecular flexibility index (Phi) is 7.81. The summed E-state index contributed by atoms with van der Waals surface area (Å²) >= 11 is 8.43. The number of halogens is 1. The molecular formula is C13H10ClN3NiOS-. The molecule has 0 aliphatic heterocycles. The first-order chi connectivity index (χ1) is 9.77. The van der Waals surface area contributed by atoms with Crippen molar-refractivity contribution < 1.29 is 19.4 Å². The molecule has 0 unspecified atom stereocenters. The number of hydrazone groups is 1. The molecular weight excluding hydrogens is 340 g/mol. The van der Waals surface area contributed by atoms with E-state index in [0.29, 0.717) is 10.7 Å². The van der Waals surface area contributed by atoms with Crippen LogP contribution in [0.25, 0.3) is 0 Å². The van der Waals surface area contributed by atoms with E-state index in [0.717, 1.165) is 5.56 Å². The molecule has 0 aliphatic carbocycles. The second-order valence-electron chi connectivity index (χ2n) is 3.44. The van der Waals surface area contributed by atoms with Crippen molar-refractivity contribution in [2.45, 2.75) is 0 Å². The van der Waals surface area contributed by atoms with Gasteiger partial charge in [-0.15, -0.1) is 0 Å². The SMILES string of the molecule is O=C(N/N=C(\[S-])c1ccccc1)c1ccccn1.[Cl][Ni]. The molecule has 0 bridgehead atoms. The number of nitrogens with one attached hydrogen (secondary N) is 1. The van der Waals surface area contributed by atoms with Crippen molar-refractivity contribution in [1.29, 1.82) is 0 Å². The molecule has 0 saturated heterocycles. The van der Waals surface area contributed by atoms with Gasteiger partial charge < -0.3 is 12.6 Å². The van der Waals surface area contributed by atoms with E-state index in [-0.39, 0.29) is 5.91 Å². The van der Waals surface area contributed by atoms with Gasteiger partial charge in [-0.25, -0.2) is 10.5 Å². The fraction of sp³-hybridized carbons (Fsp3) is 0. The molecule has 1 amide bonds. The van der Waals surface area contributed by atoms with Gasteiger partial charge in [0.25, 0.3) is 5.91 Å². The number of nitrogens with zero attached hydrogens (tertiary/aromatic N) is 2. The second kappa shape index (κ2) is 9.42. The number of carbonyl (C=O) groups excluding carboxylic acids is 1. The summed E-state index contributed by atoms with van der Waals surface area (Å²) in [6.45, 7) is 0. The van der Waals surface area contributed by atoms with Gasteiger partial charge in [-0.3, -0.25) is 9.78 Å². The molecule has 7 heteroatoms. The molecule has 0 atom stereocenters. The van der Waals surface area contributed by atoms with Crippen LogP contribution in [0.1, 0.15) is 16.1 Å². The predicted octanol–water partition coefficient (Wildman–Crippen LogP) is 2.41. The zero-order valence-corrected chi connectivity index (χ0v) is 12.7. The molecule has 0 saturated carbocycles. The molecule has 20 heavy (non-hydrogen) atoms. The van der Waals surface area contributed by atoms with Gasteiger partial charge in [0, 0.05) is 6.20 Å². The van der Waals surface area contributed by atoms with Crippen molar-refractivity contribution in [3.8, 4) is 0 Å². The monoisotopic (exact) mass is 349 g/mol. The summed E-state index contributed by atoms with van der Waals surface area (Å²) in [4.78, 5) is 15.6. The molecule has 0 spiro atoms. The number of carbonyl (C=O) groups is 1. The Balaban J connectivity index is 0.000000956. The van der Waals surface area contributed by atoms with E-state index in [9.17, 15) is 4.79 Å². The van der Waals surface area contributed by atoms with Gasteiger partial charge >= 0.3 is 24.8 Å². The predicted molar refractivity (Wildman–Crippen MR) is 77.9 cm³/mol. The van der Waals surface area contributed by atoms with Crippen molar-refractivity contribution in [3.05, 3.63) is 66.0 Å². The number of aromatic nitrogens is 1. The van der Waals surface area contributed by atoms with E-state index in [1.54, 1.807) is 24.4 Å². The minimum absolute atomic E-state index is 0.303. The zero-order valence-electron chi connectivity index (χ0n) is 10.1. The summed E-state index contributed by atoms with van der Waals surface area (Å²) in [6, 6.07) is 14.3. The van der Waals surface area contributed by atoms with Crippen LogP contribution in [0.15, 0.2) is 59.8 Å². The third-order valence-electron chi connectivity index (χ3n) is 2.18. The standard InChI is InChI=1S/C13H11N3OS.ClH.Ni/c17-12(11-8-4-5-9-14-11)15-16-13(18)10-6-2-1-3-7-10;;/h1-9H,(H,15,17)(H,16,18);1H;/q;;+1/p-2. The van der Waals surface area contributed by atoms with Crippen LogP contribution in [-0.2, 0) is 27.2 Å².